The molecule has 0 bridgehead atoms. The molecular formula is C56H64FN7O4. The highest BCUT2D eigenvalue weighted by atomic mass is 19.1. The predicted molar refractivity (Wildman–Crippen MR) is 265 cm³/mol. The van der Waals surface area contributed by atoms with Crippen molar-refractivity contribution >= 4 is 40.7 Å². The molecule has 12 heteroatoms. The third-order valence-corrected chi connectivity index (χ3v) is 14.3. The van der Waals surface area contributed by atoms with E-state index in [-0.39, 0.29) is 29.4 Å². The lowest BCUT2D eigenvalue weighted by Gasteiger charge is -2.37. The van der Waals surface area contributed by atoms with Crippen LogP contribution in [0.3, 0.4) is 0 Å². The van der Waals surface area contributed by atoms with Gasteiger partial charge in [-0.15, -0.1) is 0 Å². The fraction of sp³-hybridized carbons (Fsp3) is 0.393. The Kier molecular flexibility index (Phi) is 15.2. The summed E-state index contributed by atoms with van der Waals surface area (Å²) in [5, 5.41) is 6.20. The van der Waals surface area contributed by atoms with Crippen LogP contribution in [0.5, 0.6) is 0 Å². The van der Waals surface area contributed by atoms with Crippen LogP contribution in [0.4, 0.5) is 21.5 Å². The molecule has 68 heavy (non-hydrogen) atoms. The lowest BCUT2D eigenvalue weighted by Crippen LogP contribution is -2.49. The second-order valence-corrected chi connectivity index (χ2v) is 18.9. The number of benzene rings is 5. The van der Waals surface area contributed by atoms with Crippen LogP contribution in [0, 0.1) is 5.82 Å². The smallest absolute Gasteiger partial charge is 0.247 e. The number of carbonyl (C=O) groups is 4. The van der Waals surface area contributed by atoms with Gasteiger partial charge in [-0.3, -0.25) is 29.0 Å². The summed E-state index contributed by atoms with van der Waals surface area (Å²) in [5.41, 5.74) is 6.08. The molecule has 4 aliphatic rings. The van der Waals surface area contributed by atoms with Crippen LogP contribution in [0.25, 0.3) is 0 Å². The van der Waals surface area contributed by atoms with E-state index in [4.69, 9.17) is 0 Å². The van der Waals surface area contributed by atoms with Crippen molar-refractivity contribution in [2.24, 2.45) is 0 Å². The van der Waals surface area contributed by atoms with Gasteiger partial charge >= 0.3 is 0 Å². The maximum Gasteiger partial charge on any atom is 0.247 e. The van der Waals surface area contributed by atoms with Gasteiger partial charge in [0.1, 0.15) is 30.0 Å². The fourth-order valence-electron chi connectivity index (χ4n) is 10.7. The van der Waals surface area contributed by atoms with Crippen LogP contribution >= 0.6 is 0 Å². The number of hydrogen-bond acceptors (Lipinski definition) is 7. The summed E-state index contributed by atoms with van der Waals surface area (Å²) in [5.74, 6) is -0.685. The average molecular weight is 918 g/mol. The number of likely N-dealkylation sites (tertiary alicyclic amines) is 4. The summed E-state index contributed by atoms with van der Waals surface area (Å²) in [6, 6.07) is 40.0. The third-order valence-electron chi connectivity index (χ3n) is 14.3. The molecule has 5 aromatic rings. The molecule has 9 rings (SSSR count). The highest BCUT2D eigenvalue weighted by Gasteiger charge is 2.41. The first-order chi connectivity index (χ1) is 33.3. The van der Waals surface area contributed by atoms with E-state index >= 15 is 0 Å². The van der Waals surface area contributed by atoms with Gasteiger partial charge in [-0.25, -0.2) is 4.39 Å². The largest absolute Gasteiger partial charge is 0.363 e. The fourth-order valence-corrected chi connectivity index (χ4v) is 10.7. The number of nitrogens with one attached hydrogen (secondary N) is 2. The van der Waals surface area contributed by atoms with Crippen LogP contribution in [0.1, 0.15) is 98.5 Å². The second kappa shape index (κ2) is 22.2. The van der Waals surface area contributed by atoms with E-state index < -0.39 is 24.2 Å². The van der Waals surface area contributed by atoms with Crippen LogP contribution in [0.2, 0.25) is 0 Å². The van der Waals surface area contributed by atoms with E-state index in [1.165, 1.54) is 25.0 Å². The van der Waals surface area contributed by atoms with Crippen molar-refractivity contribution in [3.05, 3.63) is 162 Å². The summed E-state index contributed by atoms with van der Waals surface area (Å²) in [6.07, 6.45) is 9.37. The molecule has 4 aliphatic heterocycles. The van der Waals surface area contributed by atoms with Crippen molar-refractivity contribution < 1.29 is 23.6 Å². The minimum Gasteiger partial charge on any atom is -0.363 e. The monoisotopic (exact) mass is 918 g/mol. The Morgan fingerprint density at radius 1 is 0.485 bits per heavy atom. The number of nitrogens with zero attached hydrogens (tertiary/aromatic N) is 5. The van der Waals surface area contributed by atoms with Crippen molar-refractivity contribution in [3.63, 3.8) is 0 Å². The van der Waals surface area contributed by atoms with E-state index in [9.17, 15) is 23.6 Å². The van der Waals surface area contributed by atoms with Gasteiger partial charge in [0.15, 0.2) is 0 Å². The third kappa shape index (κ3) is 11.1. The molecule has 4 heterocycles. The van der Waals surface area contributed by atoms with Gasteiger partial charge in [0, 0.05) is 43.2 Å². The summed E-state index contributed by atoms with van der Waals surface area (Å²) < 4.78 is 14.1. The molecule has 0 saturated carbocycles. The minimum absolute atomic E-state index is 0.00389. The lowest BCUT2D eigenvalue weighted by atomic mass is 10.00. The molecule has 0 spiro atoms. The Bertz CT molecular complexity index is 2310. The topological polar surface area (TPSA) is 109 Å². The number of halogens is 1. The van der Waals surface area contributed by atoms with Gasteiger partial charge in [-0.1, -0.05) is 97.8 Å². The zero-order chi connectivity index (χ0) is 46.8. The molecule has 354 valence electrons. The first kappa shape index (κ1) is 46.7. The highest BCUT2D eigenvalue weighted by molar-refractivity contribution is 5.99. The van der Waals surface area contributed by atoms with Crippen molar-refractivity contribution in [2.45, 2.75) is 101 Å². The first-order valence-electron chi connectivity index (χ1n) is 24.8. The molecule has 4 fully saturated rings. The molecule has 4 saturated heterocycles. The summed E-state index contributed by atoms with van der Waals surface area (Å²) in [4.78, 5) is 66.7. The number of amides is 4. The molecular weight excluding hydrogens is 854 g/mol. The van der Waals surface area contributed by atoms with Crippen molar-refractivity contribution in [1.29, 1.82) is 0 Å². The predicted octanol–water partition coefficient (Wildman–Crippen LogP) is 9.35. The first-order valence-corrected chi connectivity index (χ1v) is 24.8. The van der Waals surface area contributed by atoms with Gasteiger partial charge in [-0.2, -0.15) is 0 Å². The maximum absolute atomic E-state index is 14.3. The molecule has 2 unspecified atom stereocenters. The van der Waals surface area contributed by atoms with Crippen LogP contribution in [-0.4, -0.2) is 94.6 Å². The number of rotatable bonds is 15. The molecule has 2 N–H and O–H groups in total. The second-order valence-electron chi connectivity index (χ2n) is 18.9. The normalized spacial score (nSPS) is 19.8. The van der Waals surface area contributed by atoms with Gasteiger partial charge in [-0.05, 0) is 148 Å². The van der Waals surface area contributed by atoms with Gasteiger partial charge in [0.2, 0.25) is 23.6 Å². The molecule has 4 amide bonds. The number of anilines is 3. The van der Waals surface area contributed by atoms with Crippen molar-refractivity contribution in [2.75, 3.05) is 54.8 Å². The minimum atomic E-state index is -0.546. The average Bonchev–Trinajstić information content (AvgIpc) is 4.09. The Balaban J connectivity index is 0.831. The summed E-state index contributed by atoms with van der Waals surface area (Å²) in [7, 11) is 0. The van der Waals surface area contributed by atoms with E-state index in [1.807, 2.05) is 109 Å². The number of hydrogen-bond donors (Lipinski definition) is 2. The molecule has 0 aliphatic carbocycles. The Labute approximate surface area is 400 Å². The van der Waals surface area contributed by atoms with Crippen LogP contribution in [-0.2, 0) is 32.3 Å². The maximum atomic E-state index is 14.3. The zero-order valence-corrected chi connectivity index (χ0v) is 39.0. The Morgan fingerprint density at radius 2 is 0.882 bits per heavy atom. The number of piperidine rings is 2. The van der Waals surface area contributed by atoms with Gasteiger partial charge in [0.05, 0.1) is 0 Å². The van der Waals surface area contributed by atoms with E-state index in [0.29, 0.717) is 50.4 Å². The molecule has 0 radical (unpaired) electrons. The molecule has 0 aromatic heterocycles. The van der Waals surface area contributed by atoms with Crippen LogP contribution in [0.15, 0.2) is 133 Å². The van der Waals surface area contributed by atoms with E-state index in [2.05, 4.69) is 25.3 Å². The summed E-state index contributed by atoms with van der Waals surface area (Å²) in [6.45, 7) is 5.60. The quantitative estimate of drug-likeness (QED) is 0.108. The van der Waals surface area contributed by atoms with Gasteiger partial charge < -0.3 is 25.3 Å². The lowest BCUT2D eigenvalue weighted by molar-refractivity contribution is -0.142. The Morgan fingerprint density at radius 3 is 1.28 bits per heavy atom. The van der Waals surface area contributed by atoms with E-state index in [1.54, 1.807) is 21.9 Å². The molecule has 5 aromatic carbocycles. The highest BCUT2D eigenvalue weighted by Crippen LogP contribution is 2.33. The van der Waals surface area contributed by atoms with Gasteiger partial charge in [0.25, 0.3) is 0 Å². The van der Waals surface area contributed by atoms with E-state index in [0.717, 1.165) is 92.6 Å². The summed E-state index contributed by atoms with van der Waals surface area (Å²) >= 11 is 0. The molecule has 11 nitrogen and oxygen atoms in total. The van der Waals surface area contributed by atoms with Crippen molar-refractivity contribution in [1.82, 2.24) is 19.6 Å². The SMILES string of the molecule is O=C(Nc1ccc(CN(Cc2ccc(NC(=O)[C@@H]3CCCN3C(=O)[C@@H](c3ccccc3)N3CCCCC3)cc2)c2ccc(F)cc2)cc1)C1CCCN1C(=O)C(c1ccccc1)N1CCCCC1. The van der Waals surface area contributed by atoms with Crippen molar-refractivity contribution in [3.8, 4) is 0 Å². The van der Waals surface area contributed by atoms with Crippen LogP contribution < -0.4 is 15.5 Å². The zero-order valence-electron chi connectivity index (χ0n) is 39.0. The molecule has 4 atom stereocenters. The standard InChI is InChI=1S/C56H64FN7O4/c57-45-25-31-48(32-26-45)62(39-41-21-27-46(28-22-41)58-53(65)49-19-13-37-63(49)55(67)51(43-15-5-1-6-16-43)60-33-9-3-10-34-60)40-42-23-29-47(30-24-42)59-54(66)50-20-14-38-64(50)56(68)52(44-17-7-2-8-18-44)61-35-11-4-12-36-61/h1-2,5-8,15-18,21-32,49-52H,3-4,9-14,19-20,33-40H2,(H,58,65)(H,59,66)/t49-,50?,51+,52?/m0/s1. The number of carbonyl (C=O) groups excluding carboxylic acids is 4. The Hall–Kier alpha value is -6.37.